The molecule has 1 aromatic carbocycles. The monoisotopic (exact) mass is 227 g/mol. The summed E-state index contributed by atoms with van der Waals surface area (Å²) in [5, 5.41) is 16.4. The van der Waals surface area contributed by atoms with Crippen molar-refractivity contribution < 1.29 is 9.90 Å². The van der Waals surface area contributed by atoms with Crippen molar-refractivity contribution in [2.45, 2.75) is 0 Å². The number of hydrogen-bond donors (Lipinski definition) is 3. The number of carbonyl (C=O) groups is 1. The van der Waals surface area contributed by atoms with Crippen LogP contribution in [0.25, 0.3) is 22.2 Å². The third kappa shape index (κ3) is 1.57. The van der Waals surface area contributed by atoms with Crippen LogP contribution in [0.5, 0.6) is 0 Å². The van der Waals surface area contributed by atoms with Crippen LogP contribution in [-0.2, 0) is 0 Å². The first-order valence-electron chi connectivity index (χ1n) is 5.10. The van der Waals surface area contributed by atoms with Crippen molar-refractivity contribution in [3.05, 3.63) is 42.2 Å². The van der Waals surface area contributed by atoms with E-state index in [-0.39, 0.29) is 5.69 Å². The van der Waals surface area contributed by atoms with Crippen molar-refractivity contribution in [1.29, 1.82) is 0 Å². The molecule has 5 nitrogen and oxygen atoms in total. The maximum atomic E-state index is 10.7. The van der Waals surface area contributed by atoms with Crippen LogP contribution >= 0.6 is 0 Å². The van der Waals surface area contributed by atoms with Crippen molar-refractivity contribution >= 4 is 16.9 Å². The first-order chi connectivity index (χ1) is 8.24. The molecule has 5 heteroatoms. The van der Waals surface area contributed by atoms with Gasteiger partial charge in [-0.3, -0.25) is 5.10 Å². The van der Waals surface area contributed by atoms with E-state index in [1.807, 2.05) is 30.5 Å². The molecule has 0 aliphatic carbocycles. The van der Waals surface area contributed by atoms with E-state index in [2.05, 4.69) is 15.2 Å². The van der Waals surface area contributed by atoms with Crippen LogP contribution in [0.2, 0.25) is 0 Å². The van der Waals surface area contributed by atoms with Gasteiger partial charge in [-0.25, -0.2) is 4.79 Å². The number of H-pyrrole nitrogens is 2. The van der Waals surface area contributed by atoms with Crippen molar-refractivity contribution in [2.75, 3.05) is 0 Å². The Kier molecular flexibility index (Phi) is 1.98. The third-order valence-corrected chi connectivity index (χ3v) is 2.66. The molecule has 84 valence electrons. The molecule has 0 aliphatic heterocycles. The Morgan fingerprint density at radius 1 is 1.24 bits per heavy atom. The normalized spacial score (nSPS) is 10.8. The van der Waals surface area contributed by atoms with Crippen molar-refractivity contribution in [3.8, 4) is 11.3 Å². The Labute approximate surface area is 96.1 Å². The minimum atomic E-state index is -1.01. The fraction of sp³-hybridized carbons (Fsp3) is 0. The van der Waals surface area contributed by atoms with E-state index in [1.165, 1.54) is 6.07 Å². The number of rotatable bonds is 2. The lowest BCUT2D eigenvalue weighted by Gasteiger charge is -1.96. The molecule has 2 aromatic heterocycles. The molecule has 3 rings (SSSR count). The highest BCUT2D eigenvalue weighted by molar-refractivity contribution is 5.88. The number of carboxylic acid groups (broad SMARTS) is 1. The Morgan fingerprint density at radius 3 is 2.88 bits per heavy atom. The minimum absolute atomic E-state index is 0.0918. The average molecular weight is 227 g/mol. The lowest BCUT2D eigenvalue weighted by molar-refractivity contribution is 0.0690. The largest absolute Gasteiger partial charge is 0.477 e. The molecule has 0 saturated heterocycles. The summed E-state index contributed by atoms with van der Waals surface area (Å²) in [7, 11) is 0. The number of aromatic amines is 2. The number of benzene rings is 1. The highest BCUT2D eigenvalue weighted by Crippen LogP contribution is 2.22. The van der Waals surface area contributed by atoms with E-state index in [0.717, 1.165) is 16.5 Å². The number of hydrogen-bond acceptors (Lipinski definition) is 2. The maximum absolute atomic E-state index is 10.7. The molecule has 0 amide bonds. The molecule has 17 heavy (non-hydrogen) atoms. The van der Waals surface area contributed by atoms with E-state index >= 15 is 0 Å². The van der Waals surface area contributed by atoms with Gasteiger partial charge in [0.2, 0.25) is 0 Å². The number of nitrogens with zero attached hydrogens (tertiary/aromatic N) is 1. The Balaban J connectivity index is 2.09. The SMILES string of the molecule is O=C(O)c1cc(-c2ccc3[nH]ccc3c2)n[nH]1. The second-order valence-corrected chi connectivity index (χ2v) is 3.75. The van der Waals surface area contributed by atoms with E-state index in [0.29, 0.717) is 5.69 Å². The zero-order chi connectivity index (χ0) is 11.8. The fourth-order valence-corrected chi connectivity index (χ4v) is 1.79. The lowest BCUT2D eigenvalue weighted by Crippen LogP contribution is -1.95. The summed E-state index contributed by atoms with van der Waals surface area (Å²) in [4.78, 5) is 13.8. The summed E-state index contributed by atoms with van der Waals surface area (Å²) in [6.07, 6.45) is 1.86. The topological polar surface area (TPSA) is 81.8 Å². The highest BCUT2D eigenvalue weighted by Gasteiger charge is 2.09. The second kappa shape index (κ2) is 3.48. The van der Waals surface area contributed by atoms with Crippen LogP contribution in [0.3, 0.4) is 0 Å². The molecule has 2 heterocycles. The Hall–Kier alpha value is -2.56. The molecule has 0 aliphatic rings. The van der Waals surface area contributed by atoms with Gasteiger partial charge < -0.3 is 10.1 Å². The zero-order valence-electron chi connectivity index (χ0n) is 8.77. The second-order valence-electron chi connectivity index (χ2n) is 3.75. The van der Waals surface area contributed by atoms with E-state index < -0.39 is 5.97 Å². The number of carboxylic acids is 1. The van der Waals surface area contributed by atoms with E-state index in [4.69, 9.17) is 5.11 Å². The van der Waals surface area contributed by atoms with Crippen molar-refractivity contribution in [1.82, 2.24) is 15.2 Å². The Morgan fingerprint density at radius 2 is 2.12 bits per heavy atom. The number of aromatic nitrogens is 3. The number of nitrogens with one attached hydrogen (secondary N) is 2. The quantitative estimate of drug-likeness (QED) is 0.628. The Bertz CT molecular complexity index is 696. The molecule has 3 N–H and O–H groups in total. The van der Waals surface area contributed by atoms with Gasteiger partial charge in [-0.15, -0.1) is 0 Å². The number of aromatic carboxylic acids is 1. The van der Waals surface area contributed by atoms with Crippen molar-refractivity contribution in [3.63, 3.8) is 0 Å². The molecular formula is C12H9N3O2. The van der Waals surface area contributed by atoms with Crippen LogP contribution in [0.4, 0.5) is 0 Å². The highest BCUT2D eigenvalue weighted by atomic mass is 16.4. The molecule has 0 atom stereocenters. The van der Waals surface area contributed by atoms with Crippen LogP contribution in [0.1, 0.15) is 10.5 Å². The van der Waals surface area contributed by atoms with Crippen LogP contribution in [0.15, 0.2) is 36.5 Å². The number of fused-ring (bicyclic) bond motifs is 1. The van der Waals surface area contributed by atoms with Gasteiger partial charge in [-0.1, -0.05) is 6.07 Å². The summed E-state index contributed by atoms with van der Waals surface area (Å²) in [6, 6.07) is 9.30. The van der Waals surface area contributed by atoms with Gasteiger partial charge in [-0.2, -0.15) is 5.10 Å². The summed E-state index contributed by atoms with van der Waals surface area (Å²) >= 11 is 0. The van der Waals surface area contributed by atoms with Gasteiger partial charge in [0.1, 0.15) is 5.69 Å². The molecular weight excluding hydrogens is 218 g/mol. The molecule has 0 radical (unpaired) electrons. The van der Waals surface area contributed by atoms with E-state index in [1.54, 1.807) is 0 Å². The standard InChI is InChI=1S/C12H9N3O2/c16-12(17)11-6-10(14-15-11)7-1-2-9-8(5-7)3-4-13-9/h1-6,13H,(H,14,15)(H,16,17). The molecule has 0 fully saturated rings. The van der Waals surface area contributed by atoms with Gasteiger partial charge in [0.15, 0.2) is 0 Å². The van der Waals surface area contributed by atoms with E-state index in [9.17, 15) is 4.79 Å². The molecule has 3 aromatic rings. The summed E-state index contributed by atoms with van der Waals surface area (Å²) in [6.45, 7) is 0. The predicted molar refractivity (Wildman–Crippen MR) is 62.8 cm³/mol. The van der Waals surface area contributed by atoms with Gasteiger partial charge in [-0.05, 0) is 24.3 Å². The average Bonchev–Trinajstić information content (AvgIpc) is 2.97. The van der Waals surface area contributed by atoms with Gasteiger partial charge >= 0.3 is 5.97 Å². The van der Waals surface area contributed by atoms with Crippen LogP contribution in [-0.4, -0.2) is 26.3 Å². The fourth-order valence-electron chi connectivity index (χ4n) is 1.79. The van der Waals surface area contributed by atoms with Gasteiger partial charge in [0, 0.05) is 22.7 Å². The first kappa shape index (κ1) is 9.65. The minimum Gasteiger partial charge on any atom is -0.477 e. The molecule has 0 unspecified atom stereocenters. The van der Waals surface area contributed by atoms with Crippen LogP contribution in [0, 0.1) is 0 Å². The molecule has 0 spiro atoms. The molecule has 0 bridgehead atoms. The first-order valence-corrected chi connectivity index (χ1v) is 5.10. The maximum Gasteiger partial charge on any atom is 0.353 e. The summed E-state index contributed by atoms with van der Waals surface area (Å²) < 4.78 is 0. The molecule has 0 saturated carbocycles. The summed E-state index contributed by atoms with van der Waals surface area (Å²) in [5.41, 5.74) is 2.66. The zero-order valence-corrected chi connectivity index (χ0v) is 8.77. The predicted octanol–water partition coefficient (Wildman–Crippen LogP) is 2.26. The van der Waals surface area contributed by atoms with Gasteiger partial charge in [0.05, 0.1) is 5.69 Å². The smallest absolute Gasteiger partial charge is 0.353 e. The third-order valence-electron chi connectivity index (χ3n) is 2.66. The summed E-state index contributed by atoms with van der Waals surface area (Å²) in [5.74, 6) is -1.01. The van der Waals surface area contributed by atoms with Gasteiger partial charge in [0.25, 0.3) is 0 Å². The van der Waals surface area contributed by atoms with Crippen LogP contribution < -0.4 is 0 Å². The lowest BCUT2D eigenvalue weighted by atomic mass is 10.1. The van der Waals surface area contributed by atoms with Crippen molar-refractivity contribution in [2.24, 2.45) is 0 Å².